The predicted octanol–water partition coefficient (Wildman–Crippen LogP) is 2.30. The maximum atomic E-state index is 6.26. The molecule has 2 aromatic rings. The number of aromatic amines is 1. The summed E-state index contributed by atoms with van der Waals surface area (Å²) in [6.45, 7) is 6.90. The number of nitrogens with zero attached hydrogens (tertiary/aromatic N) is 3. The fourth-order valence-corrected chi connectivity index (χ4v) is 2.99. The van der Waals surface area contributed by atoms with Gasteiger partial charge in [-0.3, -0.25) is 0 Å². The maximum Gasteiger partial charge on any atom is 0.142 e. The van der Waals surface area contributed by atoms with Crippen molar-refractivity contribution in [3.05, 3.63) is 60.1 Å². The van der Waals surface area contributed by atoms with Gasteiger partial charge in [-0.1, -0.05) is 0 Å². The molecule has 0 spiro atoms. The number of allylic oxidation sites excluding steroid dienone is 3. The average molecular weight is 354 g/mol. The number of benzene rings is 1. The van der Waals surface area contributed by atoms with Crippen LogP contribution in [0.1, 0.15) is 19.5 Å². The molecule has 0 amide bonds. The van der Waals surface area contributed by atoms with Gasteiger partial charge in [0.2, 0.25) is 0 Å². The molecule has 1 aromatic carbocycles. The number of aromatic nitrogens is 2. The van der Waals surface area contributed by atoms with Crippen LogP contribution in [0.25, 0.3) is 0 Å². The molecule has 0 fully saturated rings. The average Bonchev–Trinajstić information content (AvgIpc) is 3.14. The van der Waals surface area contributed by atoms with E-state index in [4.69, 9.17) is 16.2 Å². The van der Waals surface area contributed by atoms with E-state index in [0.717, 1.165) is 42.5 Å². The van der Waals surface area contributed by atoms with E-state index in [9.17, 15) is 0 Å². The van der Waals surface area contributed by atoms with E-state index in [1.807, 2.05) is 42.3 Å². The number of ether oxygens (including phenoxy) is 1. The summed E-state index contributed by atoms with van der Waals surface area (Å²) in [6.07, 6.45) is 7.19. The Labute approximate surface area is 153 Å². The minimum absolute atomic E-state index is 0.647. The third kappa shape index (κ3) is 3.93. The molecule has 2 heterocycles. The maximum absolute atomic E-state index is 6.26. The molecule has 1 aliphatic heterocycles. The largest absolute Gasteiger partial charge is 0.490 e. The van der Waals surface area contributed by atoms with Crippen LogP contribution in [0.3, 0.4) is 0 Å². The van der Waals surface area contributed by atoms with Crippen molar-refractivity contribution in [1.29, 1.82) is 0 Å². The first-order valence-electron chi connectivity index (χ1n) is 8.74. The van der Waals surface area contributed by atoms with E-state index >= 15 is 0 Å². The summed E-state index contributed by atoms with van der Waals surface area (Å²) in [4.78, 5) is 11.6. The summed E-state index contributed by atoms with van der Waals surface area (Å²) in [5.74, 6) is 1.53. The van der Waals surface area contributed by atoms with Crippen molar-refractivity contribution < 1.29 is 4.74 Å². The Morgan fingerprint density at radius 1 is 1.38 bits per heavy atom. The second-order valence-corrected chi connectivity index (χ2v) is 6.25. The molecule has 0 unspecified atom stereocenters. The highest BCUT2D eigenvalue weighted by atomic mass is 16.5. The lowest BCUT2D eigenvalue weighted by molar-refractivity contribution is 0.306. The van der Waals surface area contributed by atoms with Gasteiger partial charge in [0, 0.05) is 24.1 Å². The molecule has 7 nitrogen and oxygen atoms in total. The van der Waals surface area contributed by atoms with Crippen molar-refractivity contribution in [3.8, 4) is 5.75 Å². The molecule has 1 aliphatic rings. The topological polar surface area (TPSA) is 96.4 Å². The fraction of sp³-hybridized carbons (Fsp3) is 0.316. The first kappa shape index (κ1) is 17.7. The van der Waals surface area contributed by atoms with Gasteiger partial charge in [-0.05, 0) is 44.2 Å². The zero-order valence-electron chi connectivity index (χ0n) is 15.3. The Morgan fingerprint density at radius 2 is 2.23 bits per heavy atom. The van der Waals surface area contributed by atoms with Crippen LogP contribution in [-0.4, -0.2) is 29.7 Å². The van der Waals surface area contributed by atoms with Gasteiger partial charge in [0.05, 0.1) is 30.8 Å². The summed E-state index contributed by atoms with van der Waals surface area (Å²) >= 11 is 0. The minimum atomic E-state index is 0.647. The minimum Gasteiger partial charge on any atom is -0.490 e. The summed E-state index contributed by atoms with van der Waals surface area (Å²) in [6, 6.07) is 6.15. The van der Waals surface area contributed by atoms with Crippen LogP contribution >= 0.6 is 0 Å². The van der Waals surface area contributed by atoms with Crippen molar-refractivity contribution in [2.24, 2.45) is 11.5 Å². The highest BCUT2D eigenvalue weighted by Gasteiger charge is 2.20. The molecule has 0 saturated carbocycles. The van der Waals surface area contributed by atoms with E-state index < -0.39 is 0 Å². The number of anilines is 2. The number of H-pyrrole nitrogens is 1. The molecule has 0 radical (unpaired) electrons. The van der Waals surface area contributed by atoms with Crippen molar-refractivity contribution in [3.63, 3.8) is 0 Å². The molecular weight excluding hydrogens is 328 g/mol. The van der Waals surface area contributed by atoms with Gasteiger partial charge in [-0.25, -0.2) is 4.98 Å². The molecule has 138 valence electrons. The van der Waals surface area contributed by atoms with Crippen LogP contribution in [0.4, 0.5) is 11.4 Å². The Morgan fingerprint density at radius 3 is 2.92 bits per heavy atom. The standard InChI is InChI=1S/C19H26N6O/c1-3-25(19(21)7-4-14(2)20)16-5-6-18-17(10-16)24(8-9-26-18)12-15-11-22-13-23-15/h4-7,10-11,13H,3,8-9,12,20-21H2,1-2H3,(H,22,23)/b14-4-,19-7+. The Hall–Kier alpha value is -3.09. The molecule has 7 heteroatoms. The fourth-order valence-electron chi connectivity index (χ4n) is 2.99. The molecule has 0 bridgehead atoms. The number of nitrogens with two attached hydrogens (primary N) is 2. The zero-order chi connectivity index (χ0) is 18.5. The Bertz CT molecular complexity index is 792. The van der Waals surface area contributed by atoms with Crippen molar-refractivity contribution in [2.45, 2.75) is 20.4 Å². The third-order valence-electron chi connectivity index (χ3n) is 4.27. The van der Waals surface area contributed by atoms with E-state index in [2.05, 4.69) is 27.9 Å². The second kappa shape index (κ2) is 7.86. The Kier molecular flexibility index (Phi) is 5.36. The van der Waals surface area contributed by atoms with E-state index in [-0.39, 0.29) is 0 Å². The summed E-state index contributed by atoms with van der Waals surface area (Å²) in [5.41, 5.74) is 15.8. The molecule has 5 N–H and O–H groups in total. The molecule has 0 saturated heterocycles. The van der Waals surface area contributed by atoms with Crippen LogP contribution in [0, 0.1) is 0 Å². The van der Waals surface area contributed by atoms with Gasteiger partial charge >= 0.3 is 0 Å². The monoisotopic (exact) mass is 354 g/mol. The van der Waals surface area contributed by atoms with Crippen LogP contribution < -0.4 is 26.0 Å². The first-order chi connectivity index (χ1) is 12.6. The number of imidazole rings is 1. The molecular formula is C19H26N6O. The molecule has 26 heavy (non-hydrogen) atoms. The summed E-state index contributed by atoms with van der Waals surface area (Å²) < 4.78 is 5.82. The lowest BCUT2D eigenvalue weighted by Gasteiger charge is -2.32. The number of hydrogen-bond donors (Lipinski definition) is 3. The van der Waals surface area contributed by atoms with Gasteiger partial charge in [0.1, 0.15) is 18.2 Å². The predicted molar refractivity (Wildman–Crippen MR) is 105 cm³/mol. The van der Waals surface area contributed by atoms with Gasteiger partial charge < -0.3 is 31.0 Å². The number of hydrogen-bond acceptors (Lipinski definition) is 6. The van der Waals surface area contributed by atoms with Gasteiger partial charge in [0.25, 0.3) is 0 Å². The van der Waals surface area contributed by atoms with Crippen LogP contribution in [0.2, 0.25) is 0 Å². The lowest BCUT2D eigenvalue weighted by atomic mass is 10.2. The summed E-state index contributed by atoms with van der Waals surface area (Å²) in [5, 5.41) is 0. The van der Waals surface area contributed by atoms with E-state index in [0.29, 0.717) is 18.1 Å². The highest BCUT2D eigenvalue weighted by Crippen LogP contribution is 2.36. The lowest BCUT2D eigenvalue weighted by Crippen LogP contribution is -2.33. The molecule has 0 atom stereocenters. The zero-order valence-corrected chi connectivity index (χ0v) is 15.3. The number of nitrogens with one attached hydrogen (secondary N) is 1. The van der Waals surface area contributed by atoms with Crippen LogP contribution in [-0.2, 0) is 6.54 Å². The quantitative estimate of drug-likeness (QED) is 0.689. The van der Waals surface area contributed by atoms with E-state index in [1.165, 1.54) is 0 Å². The van der Waals surface area contributed by atoms with Crippen LogP contribution in [0.15, 0.2) is 54.4 Å². The number of rotatable bonds is 6. The third-order valence-corrected chi connectivity index (χ3v) is 4.27. The van der Waals surface area contributed by atoms with Crippen molar-refractivity contribution in [2.75, 3.05) is 29.5 Å². The van der Waals surface area contributed by atoms with Gasteiger partial charge in [-0.15, -0.1) is 0 Å². The molecule has 1 aromatic heterocycles. The SMILES string of the molecule is CCN(/C(N)=C/C=C(/C)N)c1ccc2c(c1)N(Cc1cnc[nH]1)CCO2. The normalized spacial score (nSPS) is 14.8. The summed E-state index contributed by atoms with van der Waals surface area (Å²) in [7, 11) is 0. The first-order valence-corrected chi connectivity index (χ1v) is 8.74. The van der Waals surface area contributed by atoms with E-state index in [1.54, 1.807) is 6.33 Å². The van der Waals surface area contributed by atoms with Crippen molar-refractivity contribution in [1.82, 2.24) is 9.97 Å². The highest BCUT2D eigenvalue weighted by molar-refractivity contribution is 5.69. The van der Waals surface area contributed by atoms with Crippen LogP contribution in [0.5, 0.6) is 5.75 Å². The Balaban J connectivity index is 1.90. The van der Waals surface area contributed by atoms with Gasteiger partial charge in [0.15, 0.2) is 0 Å². The molecule has 0 aliphatic carbocycles. The van der Waals surface area contributed by atoms with Gasteiger partial charge in [-0.2, -0.15) is 0 Å². The number of fused-ring (bicyclic) bond motifs is 1. The smallest absolute Gasteiger partial charge is 0.142 e. The second-order valence-electron chi connectivity index (χ2n) is 6.25. The molecule has 3 rings (SSSR count). The van der Waals surface area contributed by atoms with Crippen molar-refractivity contribution >= 4 is 11.4 Å².